The van der Waals surface area contributed by atoms with Gasteiger partial charge in [-0.15, -0.1) is 0 Å². The molecule has 3 nitrogen and oxygen atoms in total. The topological polar surface area (TPSA) is 55.1 Å². The van der Waals surface area contributed by atoms with Gasteiger partial charge in [-0.3, -0.25) is 4.79 Å². The van der Waals surface area contributed by atoms with E-state index in [1.54, 1.807) is 24.3 Å². The molecular weight excluding hydrogens is 176 g/mol. The molecule has 0 saturated carbocycles. The fraction of sp³-hybridized carbons (Fsp3) is 0.125. The first-order valence-electron chi connectivity index (χ1n) is 3.48. The SMILES string of the molecule is NCC(=O)Nc1cccc(Cl)c1. The summed E-state index contributed by atoms with van der Waals surface area (Å²) in [5, 5.41) is 3.17. The van der Waals surface area contributed by atoms with Crippen LogP contribution in [0.25, 0.3) is 0 Å². The van der Waals surface area contributed by atoms with Crippen molar-refractivity contribution in [2.24, 2.45) is 5.73 Å². The van der Waals surface area contributed by atoms with Crippen molar-refractivity contribution in [3.05, 3.63) is 29.3 Å². The summed E-state index contributed by atoms with van der Waals surface area (Å²) in [4.78, 5) is 10.8. The average Bonchev–Trinajstić information content (AvgIpc) is 2.04. The number of hydrogen-bond donors (Lipinski definition) is 2. The van der Waals surface area contributed by atoms with Crippen molar-refractivity contribution in [3.8, 4) is 0 Å². The van der Waals surface area contributed by atoms with E-state index in [4.69, 9.17) is 17.3 Å². The predicted molar refractivity (Wildman–Crippen MR) is 49.1 cm³/mol. The van der Waals surface area contributed by atoms with Crippen molar-refractivity contribution in [2.75, 3.05) is 11.9 Å². The van der Waals surface area contributed by atoms with E-state index in [0.29, 0.717) is 10.7 Å². The number of hydrogen-bond acceptors (Lipinski definition) is 2. The number of rotatable bonds is 2. The Hall–Kier alpha value is -1.06. The molecule has 0 aliphatic carbocycles. The molecule has 0 unspecified atom stereocenters. The van der Waals surface area contributed by atoms with Gasteiger partial charge in [-0.25, -0.2) is 0 Å². The van der Waals surface area contributed by atoms with E-state index in [1.807, 2.05) is 0 Å². The molecule has 1 rings (SSSR count). The minimum Gasteiger partial charge on any atom is -0.325 e. The van der Waals surface area contributed by atoms with Crippen molar-refractivity contribution in [1.29, 1.82) is 0 Å². The Bertz CT molecular complexity index is 288. The second-order valence-corrected chi connectivity index (χ2v) is 2.70. The molecule has 0 saturated heterocycles. The number of nitrogens with two attached hydrogens (primary N) is 1. The lowest BCUT2D eigenvalue weighted by Gasteiger charge is -2.02. The normalized spacial score (nSPS) is 9.50. The van der Waals surface area contributed by atoms with Gasteiger partial charge in [0.25, 0.3) is 0 Å². The molecule has 4 heteroatoms. The van der Waals surface area contributed by atoms with Crippen molar-refractivity contribution in [2.45, 2.75) is 0 Å². The highest BCUT2D eigenvalue weighted by Gasteiger charge is 1.98. The molecular formula is C8H9ClN2O. The molecule has 12 heavy (non-hydrogen) atoms. The fourth-order valence-electron chi connectivity index (χ4n) is 0.778. The van der Waals surface area contributed by atoms with Crippen molar-refractivity contribution < 1.29 is 4.79 Å². The summed E-state index contributed by atoms with van der Waals surface area (Å²) < 4.78 is 0. The van der Waals surface area contributed by atoms with Gasteiger partial charge in [0.05, 0.1) is 6.54 Å². The zero-order chi connectivity index (χ0) is 8.97. The maximum absolute atomic E-state index is 10.8. The lowest BCUT2D eigenvalue weighted by molar-refractivity contribution is -0.114. The molecule has 64 valence electrons. The smallest absolute Gasteiger partial charge is 0.238 e. The average molecular weight is 185 g/mol. The minimum absolute atomic E-state index is 0.0213. The molecule has 0 radical (unpaired) electrons. The Morgan fingerprint density at radius 2 is 2.33 bits per heavy atom. The van der Waals surface area contributed by atoms with Gasteiger partial charge in [-0.05, 0) is 18.2 Å². The van der Waals surface area contributed by atoms with Crippen molar-refractivity contribution in [1.82, 2.24) is 0 Å². The van der Waals surface area contributed by atoms with Crippen LogP contribution in [-0.4, -0.2) is 12.5 Å². The van der Waals surface area contributed by atoms with E-state index in [-0.39, 0.29) is 12.5 Å². The summed E-state index contributed by atoms with van der Waals surface area (Å²) in [7, 11) is 0. The van der Waals surface area contributed by atoms with Gasteiger partial charge in [-0.1, -0.05) is 17.7 Å². The van der Waals surface area contributed by atoms with Crippen LogP contribution in [0.3, 0.4) is 0 Å². The molecule has 0 spiro atoms. The molecule has 3 N–H and O–H groups in total. The highest BCUT2D eigenvalue weighted by atomic mass is 35.5. The number of anilines is 1. The van der Waals surface area contributed by atoms with Crippen LogP contribution >= 0.6 is 11.6 Å². The third-order valence-electron chi connectivity index (χ3n) is 1.29. The van der Waals surface area contributed by atoms with Crippen molar-refractivity contribution >= 4 is 23.2 Å². The largest absolute Gasteiger partial charge is 0.325 e. The summed E-state index contributed by atoms with van der Waals surface area (Å²) in [6, 6.07) is 6.91. The monoisotopic (exact) mass is 184 g/mol. The third-order valence-corrected chi connectivity index (χ3v) is 1.53. The molecule has 0 atom stereocenters. The molecule has 0 aromatic heterocycles. The van der Waals surface area contributed by atoms with Crippen LogP contribution in [0.5, 0.6) is 0 Å². The summed E-state index contributed by atoms with van der Waals surface area (Å²) >= 11 is 5.69. The second-order valence-electron chi connectivity index (χ2n) is 2.26. The van der Waals surface area contributed by atoms with Gasteiger partial charge in [0.1, 0.15) is 0 Å². The Labute approximate surface area is 75.5 Å². The summed E-state index contributed by atoms with van der Waals surface area (Å²) in [5.41, 5.74) is 5.78. The zero-order valence-corrected chi connectivity index (χ0v) is 7.14. The van der Waals surface area contributed by atoms with E-state index < -0.39 is 0 Å². The molecule has 1 aromatic rings. The lowest BCUT2D eigenvalue weighted by Crippen LogP contribution is -2.21. The zero-order valence-electron chi connectivity index (χ0n) is 6.38. The molecule has 0 heterocycles. The summed E-state index contributed by atoms with van der Waals surface area (Å²) in [6.07, 6.45) is 0. The van der Waals surface area contributed by atoms with Gasteiger partial charge in [-0.2, -0.15) is 0 Å². The molecule has 0 aliphatic heterocycles. The Morgan fingerprint density at radius 1 is 1.58 bits per heavy atom. The van der Waals surface area contributed by atoms with E-state index >= 15 is 0 Å². The van der Waals surface area contributed by atoms with Crippen LogP contribution in [0, 0.1) is 0 Å². The highest BCUT2D eigenvalue weighted by molar-refractivity contribution is 6.30. The maximum Gasteiger partial charge on any atom is 0.238 e. The van der Waals surface area contributed by atoms with E-state index in [1.165, 1.54) is 0 Å². The summed E-state index contributed by atoms with van der Waals surface area (Å²) in [6.45, 7) is -0.0213. The first-order valence-corrected chi connectivity index (χ1v) is 3.85. The van der Waals surface area contributed by atoms with Crippen LogP contribution in [0.2, 0.25) is 5.02 Å². The van der Waals surface area contributed by atoms with Crippen LogP contribution in [-0.2, 0) is 4.79 Å². The number of carbonyl (C=O) groups is 1. The van der Waals surface area contributed by atoms with Crippen LogP contribution in [0.1, 0.15) is 0 Å². The highest BCUT2D eigenvalue weighted by Crippen LogP contribution is 2.14. The predicted octanol–water partition coefficient (Wildman–Crippen LogP) is 1.24. The molecule has 0 aliphatic rings. The molecule has 1 aromatic carbocycles. The molecule has 0 fully saturated rings. The Morgan fingerprint density at radius 3 is 2.92 bits per heavy atom. The quantitative estimate of drug-likeness (QED) is 0.727. The second kappa shape index (κ2) is 4.09. The number of halogens is 1. The first-order chi connectivity index (χ1) is 5.72. The van der Waals surface area contributed by atoms with E-state index in [2.05, 4.69) is 5.32 Å². The molecule has 0 bridgehead atoms. The van der Waals surface area contributed by atoms with Crippen LogP contribution < -0.4 is 11.1 Å². The van der Waals surface area contributed by atoms with Gasteiger partial charge < -0.3 is 11.1 Å². The minimum atomic E-state index is -0.225. The maximum atomic E-state index is 10.8. The van der Waals surface area contributed by atoms with E-state index in [0.717, 1.165) is 0 Å². The van der Waals surface area contributed by atoms with Gasteiger partial charge in [0.15, 0.2) is 0 Å². The molecule has 1 amide bonds. The standard InChI is InChI=1S/C8H9ClN2O/c9-6-2-1-3-7(4-6)11-8(12)5-10/h1-4H,5,10H2,(H,11,12). The lowest BCUT2D eigenvalue weighted by atomic mass is 10.3. The summed E-state index contributed by atoms with van der Waals surface area (Å²) in [5.74, 6) is -0.225. The third kappa shape index (κ3) is 2.53. The first kappa shape index (κ1) is 9.03. The number of carbonyl (C=O) groups excluding carboxylic acids is 1. The number of benzene rings is 1. The van der Waals surface area contributed by atoms with Gasteiger partial charge >= 0.3 is 0 Å². The number of amides is 1. The fourth-order valence-corrected chi connectivity index (χ4v) is 0.969. The Balaban J connectivity index is 2.69. The van der Waals surface area contributed by atoms with Gasteiger partial charge in [0, 0.05) is 10.7 Å². The Kier molecular flexibility index (Phi) is 3.08. The van der Waals surface area contributed by atoms with Crippen LogP contribution in [0.4, 0.5) is 5.69 Å². The van der Waals surface area contributed by atoms with Gasteiger partial charge in [0.2, 0.25) is 5.91 Å². The van der Waals surface area contributed by atoms with Crippen LogP contribution in [0.15, 0.2) is 24.3 Å². The number of nitrogens with one attached hydrogen (secondary N) is 1. The van der Waals surface area contributed by atoms with Crippen molar-refractivity contribution in [3.63, 3.8) is 0 Å². The van der Waals surface area contributed by atoms with E-state index in [9.17, 15) is 4.79 Å².